The van der Waals surface area contributed by atoms with Gasteiger partial charge in [-0.1, -0.05) is 12.1 Å². The predicted molar refractivity (Wildman–Crippen MR) is 74.2 cm³/mol. The van der Waals surface area contributed by atoms with Crippen LogP contribution in [0, 0.1) is 22.7 Å². The molecule has 2 aromatic carbocycles. The lowest BCUT2D eigenvalue weighted by Crippen LogP contribution is -1.93. The smallest absolute Gasteiger partial charge is 0.0991 e. The summed E-state index contributed by atoms with van der Waals surface area (Å²) in [5.41, 5.74) is 3.91. The highest BCUT2D eigenvalue weighted by atomic mass is 14.7. The molecule has 0 aliphatic carbocycles. The van der Waals surface area contributed by atoms with Crippen molar-refractivity contribution < 1.29 is 0 Å². The van der Waals surface area contributed by atoms with Gasteiger partial charge in [-0.05, 0) is 48.9 Å². The van der Waals surface area contributed by atoms with Crippen molar-refractivity contribution in [2.45, 2.75) is 6.92 Å². The van der Waals surface area contributed by atoms with E-state index in [1.165, 1.54) is 0 Å². The van der Waals surface area contributed by atoms with E-state index in [4.69, 9.17) is 10.5 Å². The van der Waals surface area contributed by atoms with Crippen molar-refractivity contribution in [3.63, 3.8) is 0 Å². The summed E-state index contributed by atoms with van der Waals surface area (Å²) in [6.07, 6.45) is 0. The van der Waals surface area contributed by atoms with Crippen molar-refractivity contribution >= 4 is 11.4 Å². The summed E-state index contributed by atoms with van der Waals surface area (Å²) >= 11 is 0. The summed E-state index contributed by atoms with van der Waals surface area (Å²) in [7, 11) is 0. The average Bonchev–Trinajstić information content (AvgIpc) is 2.48. The van der Waals surface area contributed by atoms with Crippen LogP contribution < -0.4 is 0 Å². The fourth-order valence-electron chi connectivity index (χ4n) is 1.65. The highest BCUT2D eigenvalue weighted by Crippen LogP contribution is 2.15. The molecule has 0 heterocycles. The van der Waals surface area contributed by atoms with E-state index in [1.54, 1.807) is 24.3 Å². The maximum Gasteiger partial charge on any atom is 0.0991 e. The molecule has 2 rings (SSSR count). The van der Waals surface area contributed by atoms with Gasteiger partial charge in [0.15, 0.2) is 0 Å². The molecule has 0 aliphatic rings. The third-order valence-electron chi connectivity index (χ3n) is 2.72. The quantitative estimate of drug-likeness (QED) is 0.759. The maximum atomic E-state index is 8.75. The summed E-state index contributed by atoms with van der Waals surface area (Å²) in [5.74, 6) is 0. The number of hydrogen-bond acceptors (Lipinski definition) is 3. The molecule has 0 unspecified atom stereocenters. The van der Waals surface area contributed by atoms with Crippen LogP contribution in [0.1, 0.15) is 23.6 Å². The molecule has 3 heteroatoms. The van der Waals surface area contributed by atoms with Gasteiger partial charge in [0.2, 0.25) is 0 Å². The van der Waals surface area contributed by atoms with Crippen molar-refractivity contribution in [2.24, 2.45) is 4.99 Å². The molecule has 0 amide bonds. The zero-order valence-corrected chi connectivity index (χ0v) is 10.5. The second-order valence-electron chi connectivity index (χ2n) is 4.05. The molecule has 0 fully saturated rings. The van der Waals surface area contributed by atoms with E-state index in [0.717, 1.165) is 17.0 Å². The topological polar surface area (TPSA) is 59.9 Å². The first-order valence-corrected chi connectivity index (χ1v) is 5.79. The Bertz CT molecular complexity index is 681. The molecule has 0 radical (unpaired) electrons. The fraction of sp³-hybridized carbons (Fsp3) is 0.0625. The Morgan fingerprint density at radius 1 is 0.842 bits per heavy atom. The van der Waals surface area contributed by atoms with Crippen molar-refractivity contribution in [3.8, 4) is 12.1 Å². The summed E-state index contributed by atoms with van der Waals surface area (Å²) in [6.45, 7) is 1.92. The molecule has 0 saturated heterocycles. The number of nitrogens with zero attached hydrogens (tertiary/aromatic N) is 3. The largest absolute Gasteiger partial charge is 0.253 e. The highest BCUT2D eigenvalue weighted by molar-refractivity contribution is 6.00. The summed E-state index contributed by atoms with van der Waals surface area (Å²) in [6, 6.07) is 18.6. The van der Waals surface area contributed by atoms with Crippen molar-refractivity contribution in [1.82, 2.24) is 0 Å². The van der Waals surface area contributed by atoms with Gasteiger partial charge in [-0.3, -0.25) is 4.99 Å². The number of hydrogen-bond donors (Lipinski definition) is 0. The highest BCUT2D eigenvalue weighted by Gasteiger charge is 1.99. The number of benzene rings is 2. The van der Waals surface area contributed by atoms with Crippen molar-refractivity contribution in [2.75, 3.05) is 0 Å². The molecular formula is C16H11N3. The molecule has 0 atom stereocenters. The van der Waals surface area contributed by atoms with E-state index >= 15 is 0 Å². The van der Waals surface area contributed by atoms with E-state index < -0.39 is 0 Å². The lowest BCUT2D eigenvalue weighted by molar-refractivity contribution is 1.44. The second kappa shape index (κ2) is 5.62. The Labute approximate surface area is 112 Å². The molecule has 0 bridgehead atoms. The Morgan fingerprint density at radius 2 is 1.32 bits per heavy atom. The van der Waals surface area contributed by atoms with Gasteiger partial charge in [0.25, 0.3) is 0 Å². The summed E-state index contributed by atoms with van der Waals surface area (Å²) < 4.78 is 0. The molecule has 0 spiro atoms. The first-order valence-electron chi connectivity index (χ1n) is 5.79. The lowest BCUT2D eigenvalue weighted by atomic mass is 10.1. The van der Waals surface area contributed by atoms with Crippen LogP contribution in [-0.2, 0) is 0 Å². The normalized spacial score (nSPS) is 10.6. The first-order chi connectivity index (χ1) is 9.22. The van der Waals surface area contributed by atoms with E-state index in [2.05, 4.69) is 17.1 Å². The van der Waals surface area contributed by atoms with Gasteiger partial charge in [0.05, 0.1) is 29.0 Å². The van der Waals surface area contributed by atoms with Crippen LogP contribution in [-0.4, -0.2) is 5.71 Å². The van der Waals surface area contributed by atoms with Crippen LogP contribution in [0.2, 0.25) is 0 Å². The van der Waals surface area contributed by atoms with Crippen molar-refractivity contribution in [3.05, 3.63) is 65.2 Å². The summed E-state index contributed by atoms with van der Waals surface area (Å²) in [4.78, 5) is 4.48. The van der Waals surface area contributed by atoms with E-state index in [0.29, 0.717) is 11.1 Å². The van der Waals surface area contributed by atoms with Crippen LogP contribution in [0.5, 0.6) is 0 Å². The molecule has 3 nitrogen and oxygen atoms in total. The van der Waals surface area contributed by atoms with Gasteiger partial charge in [-0.15, -0.1) is 0 Å². The minimum Gasteiger partial charge on any atom is -0.253 e. The second-order valence-corrected chi connectivity index (χ2v) is 4.05. The van der Waals surface area contributed by atoms with Crippen LogP contribution in [0.4, 0.5) is 5.69 Å². The standard InChI is InChI=1S/C16H11N3/c1-12(15-6-2-13(10-17)3-7-15)19-16-8-4-14(11-18)5-9-16/h2-9H,1H3/b19-12-. The Balaban J connectivity index is 2.26. The minimum absolute atomic E-state index is 0.620. The Kier molecular flexibility index (Phi) is 3.71. The predicted octanol–water partition coefficient (Wildman–Crippen LogP) is 3.57. The van der Waals surface area contributed by atoms with Crippen LogP contribution >= 0.6 is 0 Å². The molecule has 2 aromatic rings. The van der Waals surface area contributed by atoms with Crippen molar-refractivity contribution in [1.29, 1.82) is 10.5 Å². The van der Waals surface area contributed by atoms with E-state index in [-0.39, 0.29) is 0 Å². The van der Waals surface area contributed by atoms with E-state index in [9.17, 15) is 0 Å². The monoisotopic (exact) mass is 245 g/mol. The maximum absolute atomic E-state index is 8.75. The third kappa shape index (κ3) is 3.06. The Morgan fingerprint density at radius 3 is 1.79 bits per heavy atom. The van der Waals surface area contributed by atoms with E-state index in [1.807, 2.05) is 31.2 Å². The van der Waals surface area contributed by atoms with Gasteiger partial charge >= 0.3 is 0 Å². The number of nitriles is 2. The third-order valence-corrected chi connectivity index (χ3v) is 2.72. The van der Waals surface area contributed by atoms with Crippen LogP contribution in [0.15, 0.2) is 53.5 Å². The average molecular weight is 245 g/mol. The molecule has 0 saturated carbocycles. The van der Waals surface area contributed by atoms with Crippen LogP contribution in [0.25, 0.3) is 0 Å². The van der Waals surface area contributed by atoms with Gasteiger partial charge in [0.1, 0.15) is 0 Å². The van der Waals surface area contributed by atoms with Crippen LogP contribution in [0.3, 0.4) is 0 Å². The molecule has 0 aromatic heterocycles. The zero-order chi connectivity index (χ0) is 13.7. The number of rotatable bonds is 2. The zero-order valence-electron chi connectivity index (χ0n) is 10.5. The van der Waals surface area contributed by atoms with Gasteiger partial charge in [-0.2, -0.15) is 10.5 Å². The molecular weight excluding hydrogens is 234 g/mol. The van der Waals surface area contributed by atoms with Gasteiger partial charge in [-0.25, -0.2) is 0 Å². The molecule has 19 heavy (non-hydrogen) atoms. The lowest BCUT2D eigenvalue weighted by Gasteiger charge is -2.01. The fourth-order valence-corrected chi connectivity index (χ4v) is 1.65. The number of aliphatic imine (C=N–C) groups is 1. The summed E-state index contributed by atoms with van der Waals surface area (Å²) in [5, 5.41) is 17.5. The van der Waals surface area contributed by atoms with Gasteiger partial charge < -0.3 is 0 Å². The first kappa shape index (κ1) is 12.5. The molecule has 0 N–H and O–H groups in total. The molecule has 0 aliphatic heterocycles. The Hall–Kier alpha value is -2.91. The SMILES string of the molecule is C/C(=N/c1ccc(C#N)cc1)c1ccc(C#N)cc1. The minimum atomic E-state index is 0.620. The molecule has 90 valence electrons. The van der Waals surface area contributed by atoms with Gasteiger partial charge in [0, 0.05) is 5.71 Å².